The number of ether oxygens (including phenoxy) is 3. The van der Waals surface area contributed by atoms with Crippen LogP contribution in [0.3, 0.4) is 0 Å². The summed E-state index contributed by atoms with van der Waals surface area (Å²) in [5, 5.41) is 3.77. The Balaban J connectivity index is 2.22. The van der Waals surface area contributed by atoms with Crippen molar-refractivity contribution in [1.82, 2.24) is 10.2 Å². The summed E-state index contributed by atoms with van der Waals surface area (Å²) in [5.74, 6) is 1.11. The van der Waals surface area contributed by atoms with E-state index < -0.39 is 6.04 Å². The van der Waals surface area contributed by atoms with Crippen LogP contribution in [0.2, 0.25) is 10.0 Å². The molecule has 0 spiro atoms. The van der Waals surface area contributed by atoms with Gasteiger partial charge in [-0.05, 0) is 30.5 Å². The lowest BCUT2D eigenvalue weighted by molar-refractivity contribution is -0.142. The maximum absolute atomic E-state index is 13.2. The molecule has 1 N–H and O–H groups in total. The van der Waals surface area contributed by atoms with Crippen LogP contribution in [-0.2, 0) is 16.1 Å². The van der Waals surface area contributed by atoms with Gasteiger partial charge in [-0.1, -0.05) is 43.1 Å². The molecule has 0 heterocycles. The number of nitrogens with zero attached hydrogens (tertiary/aromatic N) is 1. The number of amides is 2. The summed E-state index contributed by atoms with van der Waals surface area (Å²) in [5.41, 5.74) is 0.668. The van der Waals surface area contributed by atoms with Gasteiger partial charge < -0.3 is 24.4 Å². The van der Waals surface area contributed by atoms with Crippen LogP contribution in [0.4, 0.5) is 0 Å². The number of halogens is 2. The second kappa shape index (κ2) is 12.6. The summed E-state index contributed by atoms with van der Waals surface area (Å²) in [6, 6.07) is 9.27. The third kappa shape index (κ3) is 8.02. The molecule has 0 saturated heterocycles. The predicted octanol–water partition coefficient (Wildman–Crippen LogP) is 4.58. The van der Waals surface area contributed by atoms with Gasteiger partial charge in [0.2, 0.25) is 5.91 Å². The molecular weight excluding hydrogens is 467 g/mol. The van der Waals surface area contributed by atoms with Gasteiger partial charge >= 0.3 is 0 Å². The van der Waals surface area contributed by atoms with Gasteiger partial charge in [0.15, 0.2) is 6.61 Å². The van der Waals surface area contributed by atoms with Crippen LogP contribution in [0.1, 0.15) is 26.3 Å². The number of carbonyl (C=O) groups excluding carboxylic acids is 2. The molecule has 180 valence electrons. The van der Waals surface area contributed by atoms with Crippen LogP contribution in [0.5, 0.6) is 17.2 Å². The lowest BCUT2D eigenvalue weighted by Crippen LogP contribution is -2.49. The summed E-state index contributed by atoms with van der Waals surface area (Å²) >= 11 is 12.3. The van der Waals surface area contributed by atoms with E-state index in [0.717, 1.165) is 0 Å². The topological polar surface area (TPSA) is 77.1 Å². The molecule has 0 aliphatic carbocycles. The number of nitrogens with one attached hydrogen (secondary N) is 1. The zero-order valence-corrected chi connectivity index (χ0v) is 21.0. The van der Waals surface area contributed by atoms with Crippen molar-refractivity contribution in [2.75, 3.05) is 27.4 Å². The van der Waals surface area contributed by atoms with E-state index in [1.54, 1.807) is 43.3 Å². The third-order valence-corrected chi connectivity index (χ3v) is 5.48. The second-order valence-electron chi connectivity index (χ2n) is 7.91. The summed E-state index contributed by atoms with van der Waals surface area (Å²) in [4.78, 5) is 27.3. The molecule has 33 heavy (non-hydrogen) atoms. The van der Waals surface area contributed by atoms with E-state index in [2.05, 4.69) is 5.32 Å². The van der Waals surface area contributed by atoms with Crippen LogP contribution in [0, 0.1) is 5.92 Å². The van der Waals surface area contributed by atoms with Crippen molar-refractivity contribution in [3.63, 3.8) is 0 Å². The molecule has 2 aromatic carbocycles. The molecule has 0 aromatic heterocycles. The molecule has 0 saturated carbocycles. The van der Waals surface area contributed by atoms with E-state index in [1.165, 1.54) is 19.1 Å². The number of hydrogen-bond acceptors (Lipinski definition) is 5. The van der Waals surface area contributed by atoms with Crippen LogP contribution in [0.25, 0.3) is 0 Å². The molecule has 0 aliphatic heterocycles. The van der Waals surface area contributed by atoms with Crippen molar-refractivity contribution in [3.05, 3.63) is 52.0 Å². The van der Waals surface area contributed by atoms with Gasteiger partial charge in [-0.3, -0.25) is 9.59 Å². The zero-order chi connectivity index (χ0) is 24.5. The summed E-state index contributed by atoms with van der Waals surface area (Å²) in [6.45, 7) is 6.01. The molecule has 9 heteroatoms. The van der Waals surface area contributed by atoms with E-state index in [1.807, 2.05) is 13.8 Å². The molecule has 0 radical (unpaired) electrons. The number of methoxy groups -OCH3 is 2. The van der Waals surface area contributed by atoms with E-state index in [0.29, 0.717) is 39.4 Å². The molecule has 0 bridgehead atoms. The van der Waals surface area contributed by atoms with Gasteiger partial charge in [-0.25, -0.2) is 0 Å². The van der Waals surface area contributed by atoms with Crippen molar-refractivity contribution in [2.24, 2.45) is 5.92 Å². The minimum atomic E-state index is -0.744. The quantitative estimate of drug-likeness (QED) is 0.492. The molecule has 2 rings (SSSR count). The average molecular weight is 497 g/mol. The monoisotopic (exact) mass is 496 g/mol. The maximum atomic E-state index is 13.2. The second-order valence-corrected chi connectivity index (χ2v) is 8.75. The fourth-order valence-electron chi connectivity index (χ4n) is 2.96. The Morgan fingerprint density at radius 3 is 2.12 bits per heavy atom. The number of rotatable bonds is 11. The summed E-state index contributed by atoms with van der Waals surface area (Å²) in [7, 11) is 3.05. The van der Waals surface area contributed by atoms with Crippen LogP contribution in [-0.4, -0.2) is 50.1 Å². The molecule has 0 aliphatic rings. The van der Waals surface area contributed by atoms with Gasteiger partial charge in [-0.2, -0.15) is 0 Å². The Morgan fingerprint density at radius 2 is 1.58 bits per heavy atom. The Morgan fingerprint density at radius 1 is 0.970 bits per heavy atom. The number of hydrogen-bond donors (Lipinski definition) is 1. The van der Waals surface area contributed by atoms with E-state index in [9.17, 15) is 9.59 Å². The molecule has 1 atom stereocenters. The Bertz CT molecular complexity index is 946. The highest BCUT2D eigenvalue weighted by Crippen LogP contribution is 2.28. The highest BCUT2D eigenvalue weighted by atomic mass is 35.5. The SMILES string of the molecule is COc1cc(OC)cc(OCC(=O)N(Cc2ccc(Cl)cc2Cl)[C@@H](C)C(=O)NCC(C)C)c1. The van der Waals surface area contributed by atoms with Crippen LogP contribution in [0.15, 0.2) is 36.4 Å². The summed E-state index contributed by atoms with van der Waals surface area (Å²) < 4.78 is 16.2. The Kier molecular flexibility index (Phi) is 10.1. The average Bonchev–Trinajstić information content (AvgIpc) is 2.79. The first kappa shape index (κ1) is 26.6. The fraction of sp³-hybridized carbons (Fsp3) is 0.417. The standard InChI is InChI=1S/C24H30Cl2N2O5/c1-15(2)12-27-24(30)16(3)28(13-17-6-7-18(25)8-22(17)26)23(29)14-33-21-10-19(31-4)9-20(11-21)32-5/h6-11,15-16H,12-14H2,1-5H3,(H,27,30)/t16-/m0/s1. The highest BCUT2D eigenvalue weighted by molar-refractivity contribution is 6.35. The van der Waals surface area contributed by atoms with Gasteiger partial charge in [-0.15, -0.1) is 0 Å². The van der Waals surface area contributed by atoms with E-state index in [-0.39, 0.29) is 30.9 Å². The van der Waals surface area contributed by atoms with Crippen molar-refractivity contribution in [2.45, 2.75) is 33.4 Å². The zero-order valence-electron chi connectivity index (χ0n) is 19.5. The van der Waals surface area contributed by atoms with Crippen molar-refractivity contribution < 1.29 is 23.8 Å². The van der Waals surface area contributed by atoms with Gasteiger partial charge in [0.1, 0.15) is 23.3 Å². The number of carbonyl (C=O) groups is 2. The van der Waals surface area contributed by atoms with Gasteiger partial charge in [0, 0.05) is 41.3 Å². The largest absolute Gasteiger partial charge is 0.496 e. The van der Waals surface area contributed by atoms with Crippen molar-refractivity contribution in [3.8, 4) is 17.2 Å². The predicted molar refractivity (Wildman–Crippen MR) is 129 cm³/mol. The molecule has 2 amide bonds. The minimum Gasteiger partial charge on any atom is -0.496 e. The highest BCUT2D eigenvalue weighted by Gasteiger charge is 2.27. The first-order valence-electron chi connectivity index (χ1n) is 10.5. The molecule has 7 nitrogen and oxygen atoms in total. The van der Waals surface area contributed by atoms with Gasteiger partial charge in [0.05, 0.1) is 14.2 Å². The Hall–Kier alpha value is -2.64. The van der Waals surface area contributed by atoms with E-state index >= 15 is 0 Å². The third-order valence-electron chi connectivity index (χ3n) is 4.89. The fourth-order valence-corrected chi connectivity index (χ4v) is 3.43. The van der Waals surface area contributed by atoms with Crippen molar-refractivity contribution >= 4 is 35.0 Å². The molecule has 2 aromatic rings. The molecular formula is C24H30Cl2N2O5. The minimum absolute atomic E-state index is 0.121. The van der Waals surface area contributed by atoms with Crippen LogP contribution >= 0.6 is 23.2 Å². The molecule has 0 unspecified atom stereocenters. The number of benzene rings is 2. The van der Waals surface area contributed by atoms with Crippen LogP contribution < -0.4 is 19.5 Å². The normalized spacial score (nSPS) is 11.6. The first-order valence-corrected chi connectivity index (χ1v) is 11.3. The molecule has 0 fully saturated rings. The lowest BCUT2D eigenvalue weighted by Gasteiger charge is -2.29. The maximum Gasteiger partial charge on any atom is 0.261 e. The summed E-state index contributed by atoms with van der Waals surface area (Å²) in [6.07, 6.45) is 0. The smallest absolute Gasteiger partial charge is 0.261 e. The van der Waals surface area contributed by atoms with E-state index in [4.69, 9.17) is 37.4 Å². The Labute approximate surface area is 204 Å². The lowest BCUT2D eigenvalue weighted by atomic mass is 10.1. The first-order chi connectivity index (χ1) is 15.6. The van der Waals surface area contributed by atoms with Crippen molar-refractivity contribution in [1.29, 1.82) is 0 Å². The van der Waals surface area contributed by atoms with Gasteiger partial charge in [0.25, 0.3) is 5.91 Å².